The number of methoxy groups -OCH3 is 2. The van der Waals surface area contributed by atoms with Crippen molar-refractivity contribution in [3.63, 3.8) is 0 Å². The maximum Gasteiger partial charge on any atom is 0.325 e. The van der Waals surface area contributed by atoms with Gasteiger partial charge in [-0.1, -0.05) is 23.9 Å². The standard InChI is InChI=1S/C21H20N4O4S/c1-12(26)24-15-8-6-5-7-14(15)18-19(27)22-21(30-4)23-25(18)20(24)13-9-10-16(28-2)17(11-13)29-3/h5-11,20H,1-4H3/p+1/t20-/m1/s1. The summed E-state index contributed by atoms with van der Waals surface area (Å²) in [6.45, 7) is 1.50. The minimum absolute atomic E-state index is 0.173. The number of H-pyrrole nitrogens is 1. The molecule has 1 atom stereocenters. The molecular weight excluding hydrogens is 404 g/mol. The third kappa shape index (κ3) is 3.11. The number of amides is 1. The first-order valence-corrected chi connectivity index (χ1v) is 10.4. The summed E-state index contributed by atoms with van der Waals surface area (Å²) in [5, 5.41) is 5.09. The Kier molecular flexibility index (Phi) is 5.21. The number of hydrogen-bond acceptors (Lipinski definition) is 6. The maximum absolute atomic E-state index is 13.0. The highest BCUT2D eigenvalue weighted by Crippen LogP contribution is 2.39. The molecule has 4 rings (SSSR count). The van der Waals surface area contributed by atoms with E-state index in [4.69, 9.17) is 9.47 Å². The highest BCUT2D eigenvalue weighted by Gasteiger charge is 2.45. The van der Waals surface area contributed by atoms with E-state index in [2.05, 4.69) is 10.1 Å². The second kappa shape index (κ2) is 7.83. The Morgan fingerprint density at radius 1 is 1.17 bits per heavy atom. The van der Waals surface area contributed by atoms with Crippen LogP contribution in [0.1, 0.15) is 18.7 Å². The molecule has 0 saturated carbocycles. The number of carbonyl (C=O) groups is 1. The zero-order chi connectivity index (χ0) is 21.4. The number of anilines is 1. The summed E-state index contributed by atoms with van der Waals surface area (Å²) in [7, 11) is 3.11. The first kappa shape index (κ1) is 20.0. The van der Waals surface area contributed by atoms with Crippen molar-refractivity contribution in [1.82, 2.24) is 10.1 Å². The molecule has 8 nitrogen and oxygen atoms in total. The fraction of sp³-hybridized carbons (Fsp3) is 0.238. The van der Waals surface area contributed by atoms with Crippen LogP contribution >= 0.6 is 11.8 Å². The number of benzene rings is 2. The van der Waals surface area contributed by atoms with Crippen molar-refractivity contribution in [3.8, 4) is 22.8 Å². The zero-order valence-electron chi connectivity index (χ0n) is 17.0. The number of para-hydroxylation sites is 1. The second-order valence-electron chi connectivity index (χ2n) is 6.65. The topological polar surface area (TPSA) is 88.4 Å². The fourth-order valence-electron chi connectivity index (χ4n) is 3.72. The van der Waals surface area contributed by atoms with Crippen LogP contribution in [-0.2, 0) is 4.79 Å². The van der Waals surface area contributed by atoms with Gasteiger partial charge in [-0.05, 0) is 41.3 Å². The lowest BCUT2D eigenvalue weighted by molar-refractivity contribution is -0.763. The van der Waals surface area contributed by atoms with E-state index in [0.717, 1.165) is 5.56 Å². The van der Waals surface area contributed by atoms with E-state index in [0.29, 0.717) is 33.6 Å². The summed E-state index contributed by atoms with van der Waals surface area (Å²) in [4.78, 5) is 30.3. The molecule has 0 fully saturated rings. The number of carbonyl (C=O) groups excluding carboxylic acids is 1. The molecule has 30 heavy (non-hydrogen) atoms. The number of aromatic amines is 1. The monoisotopic (exact) mass is 425 g/mol. The van der Waals surface area contributed by atoms with Gasteiger partial charge in [-0.2, -0.15) is 0 Å². The van der Waals surface area contributed by atoms with E-state index < -0.39 is 6.17 Å². The Morgan fingerprint density at radius 2 is 1.90 bits per heavy atom. The van der Waals surface area contributed by atoms with Gasteiger partial charge in [0.1, 0.15) is 0 Å². The molecule has 1 aliphatic heterocycles. The van der Waals surface area contributed by atoms with Gasteiger partial charge in [-0.3, -0.25) is 14.6 Å². The van der Waals surface area contributed by atoms with E-state index in [9.17, 15) is 9.59 Å². The minimum Gasteiger partial charge on any atom is -0.493 e. The normalized spacial score (nSPS) is 14.7. The lowest BCUT2D eigenvalue weighted by Crippen LogP contribution is -2.60. The molecule has 2 heterocycles. The van der Waals surface area contributed by atoms with E-state index >= 15 is 0 Å². The second-order valence-corrected chi connectivity index (χ2v) is 7.45. The van der Waals surface area contributed by atoms with Crippen LogP contribution in [0.2, 0.25) is 0 Å². The molecule has 0 radical (unpaired) electrons. The highest BCUT2D eigenvalue weighted by molar-refractivity contribution is 7.98. The highest BCUT2D eigenvalue weighted by atomic mass is 32.2. The maximum atomic E-state index is 13.0. The summed E-state index contributed by atoms with van der Waals surface area (Å²) in [6, 6.07) is 12.7. The van der Waals surface area contributed by atoms with E-state index in [1.54, 1.807) is 35.9 Å². The van der Waals surface area contributed by atoms with Crippen LogP contribution in [-0.4, -0.2) is 36.5 Å². The SMILES string of the molecule is COc1ccc([C@@H]2N(C(C)=O)c3ccccc3-c3c(=O)[nH]c(SC)n[n+]32)cc1OC. The van der Waals surface area contributed by atoms with Crippen LogP contribution in [0.3, 0.4) is 0 Å². The molecule has 1 N–H and O–H groups in total. The van der Waals surface area contributed by atoms with Gasteiger partial charge in [-0.25, -0.2) is 4.90 Å². The molecule has 9 heteroatoms. The van der Waals surface area contributed by atoms with Crippen molar-refractivity contribution in [2.45, 2.75) is 18.2 Å². The van der Waals surface area contributed by atoms with Crippen LogP contribution in [0, 0.1) is 0 Å². The number of thioether (sulfide) groups is 1. The van der Waals surface area contributed by atoms with Crippen molar-refractivity contribution < 1.29 is 19.0 Å². The summed E-state index contributed by atoms with van der Waals surface area (Å²) < 4.78 is 12.4. The van der Waals surface area contributed by atoms with Gasteiger partial charge < -0.3 is 9.47 Å². The fourth-order valence-corrected chi connectivity index (χ4v) is 4.08. The molecule has 0 spiro atoms. The van der Waals surface area contributed by atoms with Crippen LogP contribution < -0.4 is 24.6 Å². The Labute approximate surface area is 177 Å². The molecule has 1 amide bonds. The summed E-state index contributed by atoms with van der Waals surface area (Å²) in [5.41, 5.74) is 2.14. The van der Waals surface area contributed by atoms with Gasteiger partial charge in [0.2, 0.25) is 11.1 Å². The molecule has 1 aromatic heterocycles. The van der Waals surface area contributed by atoms with Crippen LogP contribution in [0.4, 0.5) is 5.69 Å². The quantitative estimate of drug-likeness (QED) is 0.510. The minimum atomic E-state index is -0.666. The average molecular weight is 425 g/mol. The lowest BCUT2D eigenvalue weighted by Gasteiger charge is -2.31. The molecule has 154 valence electrons. The van der Waals surface area contributed by atoms with Gasteiger partial charge in [0.15, 0.2) is 11.5 Å². The van der Waals surface area contributed by atoms with Crippen LogP contribution in [0.5, 0.6) is 11.5 Å². The van der Waals surface area contributed by atoms with Crippen molar-refractivity contribution in [1.29, 1.82) is 0 Å². The number of ether oxygens (including phenoxy) is 2. The van der Waals surface area contributed by atoms with Crippen molar-refractivity contribution >= 4 is 23.4 Å². The van der Waals surface area contributed by atoms with Gasteiger partial charge in [-0.15, -0.1) is 0 Å². The van der Waals surface area contributed by atoms with Gasteiger partial charge in [0.25, 0.3) is 6.17 Å². The molecule has 0 unspecified atom stereocenters. The molecule has 0 aliphatic carbocycles. The Morgan fingerprint density at radius 3 is 2.57 bits per heavy atom. The van der Waals surface area contributed by atoms with Crippen LogP contribution in [0.25, 0.3) is 11.3 Å². The number of fused-ring (bicyclic) bond motifs is 3. The Bertz CT molecular complexity index is 1190. The summed E-state index contributed by atoms with van der Waals surface area (Å²) >= 11 is 1.32. The zero-order valence-corrected chi connectivity index (χ0v) is 17.8. The Hall–Kier alpha value is -3.33. The van der Waals surface area contributed by atoms with E-state index in [-0.39, 0.29) is 11.5 Å². The van der Waals surface area contributed by atoms with Gasteiger partial charge in [0, 0.05) is 17.6 Å². The van der Waals surface area contributed by atoms with E-state index in [1.165, 1.54) is 18.7 Å². The van der Waals surface area contributed by atoms with E-state index in [1.807, 2.05) is 36.6 Å². The molecule has 2 aromatic carbocycles. The Balaban J connectivity index is 2.06. The van der Waals surface area contributed by atoms with Crippen molar-refractivity contribution in [2.24, 2.45) is 0 Å². The molecule has 3 aromatic rings. The predicted octanol–water partition coefficient (Wildman–Crippen LogP) is 2.38. The smallest absolute Gasteiger partial charge is 0.325 e. The number of nitrogens with zero attached hydrogens (tertiary/aromatic N) is 3. The number of hydrogen-bond donors (Lipinski definition) is 1. The first-order valence-electron chi connectivity index (χ1n) is 9.21. The number of aromatic nitrogens is 3. The number of rotatable bonds is 4. The van der Waals surface area contributed by atoms with Crippen molar-refractivity contribution in [3.05, 3.63) is 58.4 Å². The largest absolute Gasteiger partial charge is 0.493 e. The summed E-state index contributed by atoms with van der Waals surface area (Å²) in [6.07, 6.45) is 1.16. The molecule has 1 aliphatic rings. The third-order valence-electron chi connectivity index (χ3n) is 5.00. The molecule has 0 saturated heterocycles. The summed E-state index contributed by atoms with van der Waals surface area (Å²) in [5.74, 6) is 0.920. The van der Waals surface area contributed by atoms with Gasteiger partial charge >= 0.3 is 11.3 Å². The molecule has 0 bridgehead atoms. The van der Waals surface area contributed by atoms with Crippen LogP contribution in [0.15, 0.2) is 52.4 Å². The molecular formula is C21H21N4O4S+. The predicted molar refractivity (Wildman–Crippen MR) is 113 cm³/mol. The third-order valence-corrected chi connectivity index (χ3v) is 5.57. The first-order chi connectivity index (χ1) is 14.5. The lowest BCUT2D eigenvalue weighted by atomic mass is 10.0. The van der Waals surface area contributed by atoms with Gasteiger partial charge in [0.05, 0.1) is 25.5 Å². The van der Waals surface area contributed by atoms with Crippen molar-refractivity contribution in [2.75, 3.05) is 25.4 Å². The average Bonchev–Trinajstić information content (AvgIpc) is 2.76. The number of nitrogens with one attached hydrogen (secondary N) is 1.